The molecule has 0 radical (unpaired) electrons. The highest BCUT2D eigenvalue weighted by Gasteiger charge is 2.30. The Morgan fingerprint density at radius 2 is 2.19 bits per heavy atom. The van der Waals surface area contributed by atoms with Crippen LogP contribution in [-0.2, 0) is 17.8 Å². The van der Waals surface area contributed by atoms with Crippen LogP contribution in [0.2, 0.25) is 5.15 Å². The summed E-state index contributed by atoms with van der Waals surface area (Å²) in [6, 6.07) is 0. The molecule has 1 aromatic heterocycles. The van der Waals surface area contributed by atoms with Gasteiger partial charge in [0.2, 0.25) is 0 Å². The van der Waals surface area contributed by atoms with Crippen molar-refractivity contribution >= 4 is 17.9 Å². The van der Waals surface area contributed by atoms with E-state index >= 15 is 0 Å². The lowest BCUT2D eigenvalue weighted by molar-refractivity contribution is -0.111. The van der Waals surface area contributed by atoms with Gasteiger partial charge >= 0.3 is 0 Å². The van der Waals surface area contributed by atoms with E-state index in [0.717, 1.165) is 37.2 Å². The molecule has 4 heteroatoms. The highest BCUT2D eigenvalue weighted by atomic mass is 35.5. The number of hydrogen-bond acceptors (Lipinski definition) is 2. The van der Waals surface area contributed by atoms with E-state index in [9.17, 15) is 4.79 Å². The number of halogens is 1. The van der Waals surface area contributed by atoms with Crippen molar-refractivity contribution in [3.8, 4) is 0 Å². The first-order valence-electron chi connectivity index (χ1n) is 5.99. The minimum absolute atomic E-state index is 0.135. The van der Waals surface area contributed by atoms with E-state index in [1.165, 1.54) is 19.3 Å². The van der Waals surface area contributed by atoms with Gasteiger partial charge in [-0.1, -0.05) is 18.0 Å². The van der Waals surface area contributed by atoms with Crippen molar-refractivity contribution < 1.29 is 4.79 Å². The van der Waals surface area contributed by atoms with E-state index in [1.807, 2.05) is 0 Å². The van der Waals surface area contributed by atoms with Crippen LogP contribution in [0.1, 0.15) is 43.1 Å². The number of nitrogens with zero attached hydrogens (tertiary/aromatic N) is 2. The van der Waals surface area contributed by atoms with Gasteiger partial charge in [-0.3, -0.25) is 0 Å². The Morgan fingerprint density at radius 1 is 1.38 bits per heavy atom. The zero-order chi connectivity index (χ0) is 11.1. The molecule has 0 saturated heterocycles. The van der Waals surface area contributed by atoms with Gasteiger partial charge in [0.15, 0.2) is 5.15 Å². The van der Waals surface area contributed by atoms with Gasteiger partial charge < -0.3 is 9.36 Å². The van der Waals surface area contributed by atoms with Crippen LogP contribution in [0, 0.1) is 5.92 Å². The minimum atomic E-state index is 0.135. The highest BCUT2D eigenvalue weighted by molar-refractivity contribution is 6.30. The number of carbonyl (C=O) groups excluding carboxylic acids is 1. The maximum atomic E-state index is 10.8. The third-order valence-corrected chi connectivity index (χ3v) is 4.20. The number of imidazole rings is 1. The van der Waals surface area contributed by atoms with Crippen LogP contribution in [0.15, 0.2) is 0 Å². The summed E-state index contributed by atoms with van der Waals surface area (Å²) in [5.41, 5.74) is 1.08. The van der Waals surface area contributed by atoms with Crippen molar-refractivity contribution in [1.82, 2.24) is 9.55 Å². The molecular formula is C12H15ClN2O. The summed E-state index contributed by atoms with van der Waals surface area (Å²) in [6.45, 7) is 0.907. The van der Waals surface area contributed by atoms with Crippen LogP contribution < -0.4 is 0 Å². The topological polar surface area (TPSA) is 34.9 Å². The minimum Gasteiger partial charge on any atom is -0.330 e. The Labute approximate surface area is 99.8 Å². The van der Waals surface area contributed by atoms with Crippen molar-refractivity contribution in [2.75, 3.05) is 0 Å². The molecule has 86 valence electrons. The van der Waals surface area contributed by atoms with Gasteiger partial charge in [-0.25, -0.2) is 4.98 Å². The number of fused-ring (bicyclic) bond motifs is 1. The lowest BCUT2D eigenvalue weighted by atomic mass is 9.84. The molecule has 2 heterocycles. The van der Waals surface area contributed by atoms with Gasteiger partial charge in [0, 0.05) is 24.8 Å². The summed E-state index contributed by atoms with van der Waals surface area (Å²) in [6.07, 6.45) is 6.54. The first kappa shape index (κ1) is 10.3. The second-order valence-electron chi connectivity index (χ2n) is 4.88. The van der Waals surface area contributed by atoms with Crippen molar-refractivity contribution in [3.05, 3.63) is 16.7 Å². The average Bonchev–Trinajstić information content (AvgIpc) is 2.54. The number of carbonyl (C=O) groups is 1. The number of hydrogen-bond donors (Lipinski definition) is 0. The molecule has 1 fully saturated rings. The van der Waals surface area contributed by atoms with Gasteiger partial charge in [-0.05, 0) is 19.3 Å². The molecule has 0 aromatic carbocycles. The summed E-state index contributed by atoms with van der Waals surface area (Å²) >= 11 is 6.16. The Morgan fingerprint density at radius 3 is 2.81 bits per heavy atom. The summed E-state index contributed by atoms with van der Waals surface area (Å²) in [4.78, 5) is 15.3. The van der Waals surface area contributed by atoms with E-state index in [2.05, 4.69) is 9.55 Å². The molecule has 0 amide bonds. The molecule has 1 aliphatic carbocycles. The fourth-order valence-electron chi connectivity index (χ4n) is 2.66. The van der Waals surface area contributed by atoms with Crippen LogP contribution in [0.4, 0.5) is 0 Å². The van der Waals surface area contributed by atoms with Crippen molar-refractivity contribution in [1.29, 1.82) is 0 Å². The van der Waals surface area contributed by atoms with Gasteiger partial charge in [-0.15, -0.1) is 0 Å². The van der Waals surface area contributed by atoms with Gasteiger partial charge in [-0.2, -0.15) is 0 Å². The molecule has 0 bridgehead atoms. The number of aromatic nitrogens is 2. The molecule has 0 N–H and O–H groups in total. The zero-order valence-corrected chi connectivity index (χ0v) is 9.91. The maximum absolute atomic E-state index is 10.8. The fraction of sp³-hybridized carbons (Fsp3) is 0.667. The quantitative estimate of drug-likeness (QED) is 0.743. The third kappa shape index (κ3) is 1.49. The lowest BCUT2D eigenvalue weighted by Gasteiger charge is -2.28. The standard InChI is InChI=1S/C12H15ClN2O/c13-11-10-6-8(7-16)4-5-15(10)12(14-11)9-2-1-3-9/h7-9H,1-6H2. The van der Waals surface area contributed by atoms with Crippen molar-refractivity contribution in [2.45, 2.75) is 44.6 Å². The van der Waals surface area contributed by atoms with E-state index < -0.39 is 0 Å². The number of aldehydes is 1. The third-order valence-electron chi connectivity index (χ3n) is 3.90. The molecule has 3 nitrogen and oxygen atoms in total. The zero-order valence-electron chi connectivity index (χ0n) is 9.16. The second-order valence-corrected chi connectivity index (χ2v) is 5.23. The van der Waals surface area contributed by atoms with Crippen LogP contribution in [-0.4, -0.2) is 15.8 Å². The van der Waals surface area contributed by atoms with Crippen LogP contribution in [0.5, 0.6) is 0 Å². The summed E-state index contributed by atoms with van der Waals surface area (Å²) in [5.74, 6) is 1.91. The predicted octanol–water partition coefficient (Wildman–Crippen LogP) is 2.57. The maximum Gasteiger partial charge on any atom is 0.150 e. The Kier molecular flexibility index (Phi) is 2.51. The van der Waals surface area contributed by atoms with Crippen LogP contribution in [0.3, 0.4) is 0 Å². The average molecular weight is 239 g/mol. The van der Waals surface area contributed by atoms with Crippen LogP contribution in [0.25, 0.3) is 0 Å². The Balaban J connectivity index is 1.95. The van der Waals surface area contributed by atoms with E-state index in [-0.39, 0.29) is 5.92 Å². The van der Waals surface area contributed by atoms with Crippen LogP contribution >= 0.6 is 11.6 Å². The SMILES string of the molecule is O=CC1CCn2c(C3CCC3)nc(Cl)c2C1. The molecule has 0 spiro atoms. The van der Waals surface area contributed by atoms with Gasteiger partial charge in [0.25, 0.3) is 0 Å². The number of rotatable bonds is 2. The summed E-state index contributed by atoms with van der Waals surface area (Å²) in [7, 11) is 0. The second kappa shape index (κ2) is 3.88. The normalized spacial score (nSPS) is 24.9. The Bertz CT molecular complexity index is 423. The monoisotopic (exact) mass is 238 g/mol. The molecule has 1 atom stereocenters. The Hall–Kier alpha value is -0.830. The molecular weight excluding hydrogens is 224 g/mol. The first-order chi connectivity index (χ1) is 7.79. The molecule has 1 saturated carbocycles. The van der Waals surface area contributed by atoms with E-state index in [1.54, 1.807) is 0 Å². The van der Waals surface area contributed by atoms with Crippen molar-refractivity contribution in [3.63, 3.8) is 0 Å². The highest BCUT2D eigenvalue weighted by Crippen LogP contribution is 2.39. The largest absolute Gasteiger partial charge is 0.330 e. The molecule has 16 heavy (non-hydrogen) atoms. The van der Waals surface area contributed by atoms with E-state index in [0.29, 0.717) is 11.1 Å². The van der Waals surface area contributed by atoms with Crippen molar-refractivity contribution in [2.24, 2.45) is 5.92 Å². The first-order valence-corrected chi connectivity index (χ1v) is 6.37. The smallest absolute Gasteiger partial charge is 0.150 e. The summed E-state index contributed by atoms with van der Waals surface area (Å²) in [5, 5.41) is 0.619. The van der Waals surface area contributed by atoms with Gasteiger partial charge in [0.05, 0.1) is 5.69 Å². The molecule has 1 aliphatic heterocycles. The molecule has 1 unspecified atom stereocenters. The molecule has 3 rings (SSSR count). The predicted molar refractivity (Wildman–Crippen MR) is 61.7 cm³/mol. The van der Waals surface area contributed by atoms with Gasteiger partial charge in [0.1, 0.15) is 12.1 Å². The molecule has 2 aliphatic rings. The van der Waals surface area contributed by atoms with E-state index in [4.69, 9.17) is 11.6 Å². The summed E-state index contributed by atoms with van der Waals surface area (Å²) < 4.78 is 2.26. The fourth-order valence-corrected chi connectivity index (χ4v) is 2.92. The lowest BCUT2D eigenvalue weighted by Crippen LogP contribution is -2.23. The molecule has 1 aromatic rings.